The molecule has 6 nitrogen and oxygen atoms in total. The summed E-state index contributed by atoms with van der Waals surface area (Å²) in [5, 5.41) is 13.4. The number of nitrogen functional groups attached to an aromatic ring is 1. The van der Waals surface area contributed by atoms with Crippen molar-refractivity contribution in [1.82, 2.24) is 5.32 Å². The number of nitrogens with zero attached hydrogens (tertiary/aromatic N) is 1. The summed E-state index contributed by atoms with van der Waals surface area (Å²) in [4.78, 5) is 22.0. The Morgan fingerprint density at radius 2 is 2.26 bits per heavy atom. The first kappa shape index (κ1) is 15.3. The minimum Gasteiger partial charge on any atom is -0.398 e. The Bertz CT molecular complexity index is 479. The van der Waals surface area contributed by atoms with Gasteiger partial charge >= 0.3 is 0 Å². The topological polar surface area (TPSA) is 98.3 Å². The number of thioether (sulfide) groups is 1. The van der Waals surface area contributed by atoms with Crippen LogP contribution >= 0.6 is 11.8 Å². The molecule has 1 aromatic carbocycles. The van der Waals surface area contributed by atoms with E-state index < -0.39 is 4.92 Å². The van der Waals surface area contributed by atoms with Crippen molar-refractivity contribution in [3.8, 4) is 0 Å². The number of nitro benzene ring substituents is 1. The lowest BCUT2D eigenvalue weighted by molar-refractivity contribution is -0.384. The van der Waals surface area contributed by atoms with Gasteiger partial charge in [-0.15, -0.1) is 0 Å². The summed E-state index contributed by atoms with van der Waals surface area (Å²) in [6.07, 6.45) is 2.00. The minimum absolute atomic E-state index is 0.142. The molecule has 1 aromatic rings. The zero-order valence-electron chi connectivity index (χ0n) is 10.9. The van der Waals surface area contributed by atoms with Crippen LogP contribution in [0.15, 0.2) is 18.2 Å². The van der Waals surface area contributed by atoms with Crippen LogP contribution in [0.3, 0.4) is 0 Å². The summed E-state index contributed by atoms with van der Waals surface area (Å²) in [5.41, 5.74) is 5.91. The predicted octanol–water partition coefficient (Wildman–Crippen LogP) is 1.91. The van der Waals surface area contributed by atoms with Crippen molar-refractivity contribution < 1.29 is 9.72 Å². The number of benzene rings is 1. The molecule has 0 bridgehead atoms. The molecule has 7 heteroatoms. The van der Waals surface area contributed by atoms with Gasteiger partial charge in [0.05, 0.1) is 10.5 Å². The van der Waals surface area contributed by atoms with Crippen LogP contribution in [-0.2, 0) is 0 Å². The van der Waals surface area contributed by atoms with E-state index in [1.807, 2.05) is 13.2 Å². The molecule has 1 unspecified atom stereocenters. The van der Waals surface area contributed by atoms with Crippen molar-refractivity contribution in [3.05, 3.63) is 33.9 Å². The molecule has 0 aliphatic heterocycles. The third-order valence-electron chi connectivity index (χ3n) is 2.55. The number of hydrogen-bond acceptors (Lipinski definition) is 5. The molecular formula is C12H17N3O3S. The predicted molar refractivity (Wildman–Crippen MR) is 77.4 cm³/mol. The molecular weight excluding hydrogens is 266 g/mol. The standard InChI is InChI=1S/C12H17N3O3S/c1-8(7-19-2)6-14-12(16)10-5-9(15(17)18)3-4-11(10)13/h3-5,8H,6-7,13H2,1-2H3,(H,14,16). The molecule has 0 heterocycles. The van der Waals surface area contributed by atoms with Gasteiger partial charge in [-0.25, -0.2) is 0 Å². The highest BCUT2D eigenvalue weighted by molar-refractivity contribution is 7.98. The number of nitrogens with two attached hydrogens (primary N) is 1. The Labute approximate surface area is 115 Å². The van der Waals surface area contributed by atoms with Gasteiger partial charge in [-0.1, -0.05) is 6.92 Å². The van der Waals surface area contributed by atoms with Gasteiger partial charge in [-0.05, 0) is 24.0 Å². The van der Waals surface area contributed by atoms with Gasteiger partial charge in [-0.3, -0.25) is 14.9 Å². The number of nitro groups is 1. The van der Waals surface area contributed by atoms with E-state index in [0.29, 0.717) is 12.5 Å². The highest BCUT2D eigenvalue weighted by atomic mass is 32.2. The highest BCUT2D eigenvalue weighted by Gasteiger charge is 2.15. The summed E-state index contributed by atoms with van der Waals surface area (Å²) >= 11 is 1.70. The Morgan fingerprint density at radius 1 is 1.58 bits per heavy atom. The van der Waals surface area contributed by atoms with E-state index in [2.05, 4.69) is 5.32 Å². The van der Waals surface area contributed by atoms with Gasteiger partial charge in [0.1, 0.15) is 0 Å². The summed E-state index contributed by atoms with van der Waals surface area (Å²) in [6, 6.07) is 3.85. The number of carbonyl (C=O) groups excluding carboxylic acids is 1. The lowest BCUT2D eigenvalue weighted by Crippen LogP contribution is -2.29. The molecule has 0 saturated carbocycles. The van der Waals surface area contributed by atoms with Crippen molar-refractivity contribution in [2.24, 2.45) is 5.92 Å². The van der Waals surface area contributed by atoms with Crippen LogP contribution < -0.4 is 11.1 Å². The Balaban J connectivity index is 2.76. The van der Waals surface area contributed by atoms with Crippen molar-refractivity contribution in [2.45, 2.75) is 6.92 Å². The second kappa shape index (κ2) is 6.98. The number of rotatable bonds is 6. The molecule has 1 atom stereocenters. The molecule has 19 heavy (non-hydrogen) atoms. The highest BCUT2D eigenvalue weighted by Crippen LogP contribution is 2.19. The van der Waals surface area contributed by atoms with E-state index in [-0.39, 0.29) is 22.8 Å². The third kappa shape index (κ3) is 4.44. The Hall–Kier alpha value is -1.76. The van der Waals surface area contributed by atoms with E-state index in [0.717, 1.165) is 5.75 Å². The Morgan fingerprint density at radius 3 is 2.84 bits per heavy atom. The van der Waals surface area contributed by atoms with Crippen molar-refractivity contribution in [1.29, 1.82) is 0 Å². The number of anilines is 1. The van der Waals surface area contributed by atoms with Gasteiger partial charge in [0.15, 0.2) is 0 Å². The Kier molecular flexibility index (Phi) is 5.62. The summed E-state index contributed by atoms with van der Waals surface area (Å²) in [5.74, 6) is 0.887. The summed E-state index contributed by atoms with van der Waals surface area (Å²) < 4.78 is 0. The van der Waals surface area contributed by atoms with Crippen molar-refractivity contribution >= 4 is 29.0 Å². The molecule has 0 spiro atoms. The molecule has 3 N–H and O–H groups in total. The van der Waals surface area contributed by atoms with Crippen LogP contribution in [0, 0.1) is 16.0 Å². The van der Waals surface area contributed by atoms with E-state index in [1.165, 1.54) is 18.2 Å². The maximum absolute atomic E-state index is 11.9. The van der Waals surface area contributed by atoms with Crippen LogP contribution in [0.1, 0.15) is 17.3 Å². The smallest absolute Gasteiger partial charge is 0.270 e. The molecule has 1 rings (SSSR count). The van der Waals surface area contributed by atoms with Gasteiger partial charge in [0.25, 0.3) is 11.6 Å². The van der Waals surface area contributed by atoms with Crippen LogP contribution in [0.2, 0.25) is 0 Å². The number of amides is 1. The zero-order valence-corrected chi connectivity index (χ0v) is 11.7. The number of non-ortho nitro benzene ring substituents is 1. The summed E-state index contributed by atoms with van der Waals surface area (Å²) in [6.45, 7) is 2.54. The fraction of sp³-hybridized carbons (Fsp3) is 0.417. The number of hydrogen-bond donors (Lipinski definition) is 2. The van der Waals surface area contributed by atoms with Crippen LogP contribution in [0.4, 0.5) is 11.4 Å². The monoisotopic (exact) mass is 283 g/mol. The SMILES string of the molecule is CSCC(C)CNC(=O)c1cc([N+](=O)[O-])ccc1N. The normalized spacial score (nSPS) is 11.9. The third-order valence-corrected chi connectivity index (χ3v) is 3.46. The van der Waals surface area contributed by atoms with Crippen LogP contribution in [0.5, 0.6) is 0 Å². The van der Waals surface area contributed by atoms with Crippen molar-refractivity contribution in [2.75, 3.05) is 24.3 Å². The van der Waals surface area contributed by atoms with Gasteiger partial charge in [0, 0.05) is 24.4 Å². The molecule has 1 amide bonds. The van der Waals surface area contributed by atoms with Gasteiger partial charge in [0.2, 0.25) is 0 Å². The lowest BCUT2D eigenvalue weighted by Gasteiger charge is -2.12. The second-order valence-corrected chi connectivity index (χ2v) is 5.21. The molecule has 0 aliphatic rings. The van der Waals surface area contributed by atoms with E-state index in [1.54, 1.807) is 11.8 Å². The first-order valence-corrected chi connectivity index (χ1v) is 7.16. The van der Waals surface area contributed by atoms with E-state index >= 15 is 0 Å². The molecule has 0 radical (unpaired) electrons. The van der Waals surface area contributed by atoms with Gasteiger partial charge < -0.3 is 11.1 Å². The number of nitrogens with one attached hydrogen (secondary N) is 1. The molecule has 0 aliphatic carbocycles. The molecule has 0 saturated heterocycles. The van der Waals surface area contributed by atoms with E-state index in [4.69, 9.17) is 5.73 Å². The molecule has 0 fully saturated rings. The van der Waals surface area contributed by atoms with E-state index in [9.17, 15) is 14.9 Å². The molecule has 104 valence electrons. The maximum atomic E-state index is 11.9. The van der Waals surface area contributed by atoms with Crippen LogP contribution in [0.25, 0.3) is 0 Å². The second-order valence-electron chi connectivity index (χ2n) is 4.30. The average molecular weight is 283 g/mol. The minimum atomic E-state index is -0.549. The fourth-order valence-corrected chi connectivity index (χ4v) is 2.25. The maximum Gasteiger partial charge on any atom is 0.270 e. The van der Waals surface area contributed by atoms with Crippen molar-refractivity contribution in [3.63, 3.8) is 0 Å². The zero-order chi connectivity index (χ0) is 14.4. The largest absolute Gasteiger partial charge is 0.398 e. The van der Waals surface area contributed by atoms with Gasteiger partial charge in [-0.2, -0.15) is 11.8 Å². The van der Waals surface area contributed by atoms with Crippen LogP contribution in [-0.4, -0.2) is 29.4 Å². The first-order chi connectivity index (χ1) is 8.95. The lowest BCUT2D eigenvalue weighted by atomic mass is 10.1. The summed E-state index contributed by atoms with van der Waals surface area (Å²) in [7, 11) is 0. The average Bonchev–Trinajstić information content (AvgIpc) is 2.36. The first-order valence-electron chi connectivity index (χ1n) is 5.76. The molecule has 0 aromatic heterocycles. The fourth-order valence-electron chi connectivity index (χ4n) is 1.56. The number of carbonyl (C=O) groups is 1. The quantitative estimate of drug-likeness (QED) is 0.472.